The lowest BCUT2D eigenvalue weighted by molar-refractivity contribution is 0.101. The molecular formula is C16H22FNO. The minimum atomic E-state index is -0.297. The van der Waals surface area contributed by atoms with E-state index in [1.54, 1.807) is 6.92 Å². The van der Waals surface area contributed by atoms with Gasteiger partial charge in [0.05, 0.1) is 0 Å². The first-order valence-corrected chi connectivity index (χ1v) is 6.98. The first-order chi connectivity index (χ1) is 8.90. The molecule has 0 N–H and O–H groups in total. The second-order valence-corrected chi connectivity index (χ2v) is 5.95. The molecule has 3 heteroatoms. The van der Waals surface area contributed by atoms with Gasteiger partial charge in [-0.2, -0.15) is 0 Å². The smallest absolute Gasteiger partial charge is 0.161 e. The molecule has 104 valence electrons. The average molecular weight is 263 g/mol. The fourth-order valence-corrected chi connectivity index (χ4v) is 2.41. The zero-order valence-corrected chi connectivity index (χ0v) is 12.2. The molecule has 0 aliphatic heterocycles. The Morgan fingerprint density at radius 1 is 1.42 bits per heavy atom. The number of aryl methyl sites for hydroxylation is 1. The fraction of sp³-hybridized carbons (Fsp3) is 0.562. The molecule has 1 aliphatic rings. The van der Waals surface area contributed by atoms with Gasteiger partial charge in [0.1, 0.15) is 5.82 Å². The van der Waals surface area contributed by atoms with Crippen LogP contribution >= 0.6 is 0 Å². The predicted molar refractivity (Wildman–Crippen MR) is 76.3 cm³/mol. The van der Waals surface area contributed by atoms with Crippen molar-refractivity contribution in [2.24, 2.45) is 5.92 Å². The zero-order chi connectivity index (χ0) is 14.2. The topological polar surface area (TPSA) is 20.3 Å². The van der Waals surface area contributed by atoms with E-state index in [1.807, 2.05) is 6.07 Å². The van der Waals surface area contributed by atoms with Gasteiger partial charge in [-0.05, 0) is 50.3 Å². The summed E-state index contributed by atoms with van der Waals surface area (Å²) in [7, 11) is 0. The van der Waals surface area contributed by atoms with Crippen molar-refractivity contribution in [2.75, 3.05) is 11.4 Å². The van der Waals surface area contributed by atoms with Crippen molar-refractivity contribution in [3.8, 4) is 0 Å². The van der Waals surface area contributed by atoms with E-state index in [2.05, 4.69) is 18.7 Å². The van der Waals surface area contributed by atoms with Crippen molar-refractivity contribution in [3.05, 3.63) is 29.1 Å². The highest BCUT2D eigenvalue weighted by molar-refractivity contribution is 6.00. The van der Waals surface area contributed by atoms with E-state index in [0.717, 1.165) is 12.2 Å². The first-order valence-electron chi connectivity index (χ1n) is 6.98. The minimum absolute atomic E-state index is 0.0664. The molecule has 19 heavy (non-hydrogen) atoms. The summed E-state index contributed by atoms with van der Waals surface area (Å²) in [5.74, 6) is 0.156. The highest BCUT2D eigenvalue weighted by Crippen LogP contribution is 2.35. The van der Waals surface area contributed by atoms with E-state index in [1.165, 1.54) is 25.8 Å². The van der Waals surface area contributed by atoms with Gasteiger partial charge in [0.25, 0.3) is 0 Å². The number of ketones is 1. The summed E-state index contributed by atoms with van der Waals surface area (Å²) in [5.41, 5.74) is 2.02. The summed E-state index contributed by atoms with van der Waals surface area (Å²) in [4.78, 5) is 14.1. The lowest BCUT2D eigenvalue weighted by atomic mass is 10.0. The highest BCUT2D eigenvalue weighted by atomic mass is 19.1. The molecule has 1 saturated carbocycles. The van der Waals surface area contributed by atoms with Crippen LogP contribution < -0.4 is 4.90 Å². The summed E-state index contributed by atoms with van der Waals surface area (Å²) in [6, 6.07) is 3.74. The van der Waals surface area contributed by atoms with Crippen LogP contribution in [-0.2, 0) is 0 Å². The molecule has 0 spiro atoms. The van der Waals surface area contributed by atoms with Gasteiger partial charge >= 0.3 is 0 Å². The molecule has 1 fully saturated rings. The van der Waals surface area contributed by atoms with Crippen LogP contribution in [0.2, 0.25) is 0 Å². The van der Waals surface area contributed by atoms with Gasteiger partial charge in [0, 0.05) is 23.8 Å². The second-order valence-electron chi connectivity index (χ2n) is 5.95. The number of hydrogen-bond donors (Lipinski definition) is 0. The monoisotopic (exact) mass is 263 g/mol. The molecule has 0 atom stereocenters. The molecule has 0 saturated heterocycles. The van der Waals surface area contributed by atoms with E-state index >= 15 is 0 Å². The Balaban J connectivity index is 2.45. The quantitative estimate of drug-likeness (QED) is 0.749. The maximum absolute atomic E-state index is 13.7. The molecule has 2 rings (SSSR count). The van der Waals surface area contributed by atoms with Gasteiger partial charge in [-0.25, -0.2) is 4.39 Å². The summed E-state index contributed by atoms with van der Waals surface area (Å²) in [5, 5.41) is 0. The largest absolute Gasteiger partial charge is 0.368 e. The number of Topliss-reactive ketones (excluding diaryl/α,β-unsaturated/α-hetero) is 1. The fourth-order valence-electron chi connectivity index (χ4n) is 2.41. The second kappa shape index (κ2) is 5.32. The van der Waals surface area contributed by atoms with Crippen molar-refractivity contribution in [2.45, 2.75) is 46.6 Å². The molecule has 1 aromatic rings. The SMILES string of the molecule is CC(=O)c1cc(F)c(C)cc1N(CC(C)C)C1CC1. The van der Waals surface area contributed by atoms with E-state index in [-0.39, 0.29) is 11.6 Å². The maximum atomic E-state index is 13.7. The normalized spacial score (nSPS) is 14.8. The van der Waals surface area contributed by atoms with Gasteiger partial charge in [-0.1, -0.05) is 13.8 Å². The van der Waals surface area contributed by atoms with Crippen molar-refractivity contribution < 1.29 is 9.18 Å². The highest BCUT2D eigenvalue weighted by Gasteiger charge is 2.31. The molecule has 0 amide bonds. The molecule has 0 bridgehead atoms. The van der Waals surface area contributed by atoms with E-state index in [0.29, 0.717) is 23.1 Å². The number of hydrogen-bond acceptors (Lipinski definition) is 2. The predicted octanol–water partition coefficient (Wildman–Crippen LogP) is 3.96. The average Bonchev–Trinajstić information content (AvgIpc) is 3.12. The molecule has 1 aromatic carbocycles. The Bertz CT molecular complexity index is 492. The van der Waals surface area contributed by atoms with Gasteiger partial charge in [0.15, 0.2) is 5.78 Å². The standard InChI is InChI=1S/C16H22FNO/c1-10(2)9-18(13-5-6-13)16-7-11(3)15(17)8-14(16)12(4)19/h7-8,10,13H,5-6,9H2,1-4H3. The Kier molecular flexibility index (Phi) is 3.93. The Labute approximate surface area is 114 Å². The number of carbonyl (C=O) groups excluding carboxylic acids is 1. The van der Waals surface area contributed by atoms with Crippen molar-refractivity contribution >= 4 is 11.5 Å². The Morgan fingerprint density at radius 2 is 2.05 bits per heavy atom. The minimum Gasteiger partial charge on any atom is -0.368 e. The van der Waals surface area contributed by atoms with Crippen LogP contribution in [0.25, 0.3) is 0 Å². The van der Waals surface area contributed by atoms with Crippen LogP contribution in [-0.4, -0.2) is 18.4 Å². The summed E-state index contributed by atoms with van der Waals surface area (Å²) >= 11 is 0. The van der Waals surface area contributed by atoms with Crippen LogP contribution in [0.5, 0.6) is 0 Å². The molecule has 1 aliphatic carbocycles. The number of anilines is 1. The molecule has 0 unspecified atom stereocenters. The lowest BCUT2D eigenvalue weighted by Gasteiger charge is -2.29. The van der Waals surface area contributed by atoms with E-state index in [4.69, 9.17) is 0 Å². The van der Waals surface area contributed by atoms with Crippen molar-refractivity contribution in [1.82, 2.24) is 0 Å². The van der Waals surface area contributed by atoms with Crippen LogP contribution in [0.4, 0.5) is 10.1 Å². The van der Waals surface area contributed by atoms with Gasteiger partial charge < -0.3 is 4.90 Å². The Morgan fingerprint density at radius 3 is 2.53 bits per heavy atom. The van der Waals surface area contributed by atoms with Crippen molar-refractivity contribution in [3.63, 3.8) is 0 Å². The molecule has 2 nitrogen and oxygen atoms in total. The summed E-state index contributed by atoms with van der Waals surface area (Å²) in [6.07, 6.45) is 2.33. The maximum Gasteiger partial charge on any atom is 0.161 e. The zero-order valence-electron chi connectivity index (χ0n) is 12.2. The first kappa shape index (κ1) is 14.0. The van der Waals surface area contributed by atoms with Crippen LogP contribution in [0, 0.1) is 18.7 Å². The number of benzene rings is 1. The number of nitrogens with zero attached hydrogens (tertiary/aromatic N) is 1. The van der Waals surface area contributed by atoms with Crippen LogP contribution in [0.1, 0.15) is 49.5 Å². The molecule has 0 radical (unpaired) electrons. The van der Waals surface area contributed by atoms with Crippen LogP contribution in [0.3, 0.4) is 0 Å². The number of halogens is 1. The molecule has 0 aromatic heterocycles. The molecular weight excluding hydrogens is 241 g/mol. The third-order valence-corrected chi connectivity index (χ3v) is 3.52. The van der Waals surface area contributed by atoms with Gasteiger partial charge in [-0.15, -0.1) is 0 Å². The summed E-state index contributed by atoms with van der Waals surface area (Å²) < 4.78 is 13.7. The number of carbonyl (C=O) groups is 1. The van der Waals surface area contributed by atoms with E-state index < -0.39 is 0 Å². The van der Waals surface area contributed by atoms with Gasteiger partial charge in [0.2, 0.25) is 0 Å². The van der Waals surface area contributed by atoms with Crippen LogP contribution in [0.15, 0.2) is 12.1 Å². The van der Waals surface area contributed by atoms with E-state index in [9.17, 15) is 9.18 Å². The molecule has 0 heterocycles. The van der Waals surface area contributed by atoms with Gasteiger partial charge in [-0.3, -0.25) is 4.79 Å². The third-order valence-electron chi connectivity index (χ3n) is 3.52. The Hall–Kier alpha value is -1.38. The van der Waals surface area contributed by atoms with Crippen molar-refractivity contribution in [1.29, 1.82) is 0 Å². The lowest BCUT2D eigenvalue weighted by Crippen LogP contribution is -2.31. The summed E-state index contributed by atoms with van der Waals surface area (Å²) in [6.45, 7) is 8.51. The third kappa shape index (κ3) is 3.14. The number of rotatable bonds is 5.